The third kappa shape index (κ3) is 7.93. The molecule has 0 spiro atoms. The summed E-state index contributed by atoms with van der Waals surface area (Å²) < 4.78 is 28.2. The second-order valence-electron chi connectivity index (χ2n) is 9.91. The van der Waals surface area contributed by atoms with Crippen LogP contribution >= 0.6 is 15.9 Å². The van der Waals surface area contributed by atoms with Crippen LogP contribution in [0.2, 0.25) is 0 Å². The second-order valence-corrected chi connectivity index (χ2v) is 12.5. The minimum atomic E-state index is -3.90. The highest BCUT2D eigenvalue weighted by atomic mass is 79.9. The summed E-state index contributed by atoms with van der Waals surface area (Å²) in [6.07, 6.45) is 4.38. The zero-order valence-corrected chi connectivity index (χ0v) is 24.7. The van der Waals surface area contributed by atoms with Gasteiger partial charge in [0.15, 0.2) is 0 Å². The Morgan fingerprint density at radius 2 is 1.57 bits per heavy atom. The number of anilines is 1. The van der Waals surface area contributed by atoms with Gasteiger partial charge in [-0.3, -0.25) is 14.6 Å². The number of sulfonamides is 1. The standard InChI is InChI=1S/C30H35BrN4O4S/c31-24-16-18-25(19-17-24)35(30(32)37)22-8-21-34(28-14-6-10-23-9-4-5-13-27(23)28)20-7-15-29(36)33-40(38,39)26-11-2-1-3-12-26/h1-5,9,11-13,16-19,28H,6-8,10,14-15,20-22H2,(H2,32,37)(H,33,36). The molecule has 212 valence electrons. The van der Waals surface area contributed by atoms with Crippen molar-refractivity contribution in [2.24, 2.45) is 5.73 Å². The van der Waals surface area contributed by atoms with Gasteiger partial charge < -0.3 is 5.73 Å². The van der Waals surface area contributed by atoms with Gasteiger partial charge in [-0.25, -0.2) is 17.9 Å². The van der Waals surface area contributed by atoms with Crippen molar-refractivity contribution in [2.75, 3.05) is 24.5 Å². The second kappa shape index (κ2) is 13.9. The van der Waals surface area contributed by atoms with E-state index in [9.17, 15) is 18.0 Å². The number of carbonyl (C=O) groups is 2. The maximum absolute atomic E-state index is 12.6. The fraction of sp³-hybridized carbons (Fsp3) is 0.333. The number of nitrogens with two attached hydrogens (primary N) is 1. The zero-order valence-electron chi connectivity index (χ0n) is 22.3. The van der Waals surface area contributed by atoms with Gasteiger partial charge in [-0.2, -0.15) is 0 Å². The van der Waals surface area contributed by atoms with Crippen LogP contribution < -0.4 is 15.4 Å². The normalized spacial score (nSPS) is 14.9. The zero-order chi connectivity index (χ0) is 28.5. The van der Waals surface area contributed by atoms with Crippen molar-refractivity contribution >= 4 is 43.6 Å². The fourth-order valence-corrected chi connectivity index (χ4v) is 6.55. The third-order valence-electron chi connectivity index (χ3n) is 7.16. The van der Waals surface area contributed by atoms with Crippen molar-refractivity contribution in [3.8, 4) is 0 Å². The highest BCUT2D eigenvalue weighted by Crippen LogP contribution is 2.34. The van der Waals surface area contributed by atoms with Crippen LogP contribution in [0.5, 0.6) is 0 Å². The van der Waals surface area contributed by atoms with Gasteiger partial charge in [-0.15, -0.1) is 0 Å². The van der Waals surface area contributed by atoms with Gasteiger partial charge in [-0.1, -0.05) is 58.4 Å². The summed E-state index contributed by atoms with van der Waals surface area (Å²) in [4.78, 5) is 28.8. The molecule has 1 aliphatic rings. The van der Waals surface area contributed by atoms with E-state index >= 15 is 0 Å². The van der Waals surface area contributed by atoms with Gasteiger partial charge in [0.1, 0.15) is 0 Å². The topological polar surface area (TPSA) is 113 Å². The average Bonchev–Trinajstić information content (AvgIpc) is 2.95. The Hall–Kier alpha value is -3.21. The van der Waals surface area contributed by atoms with Crippen molar-refractivity contribution in [3.63, 3.8) is 0 Å². The Morgan fingerprint density at radius 1 is 0.900 bits per heavy atom. The summed E-state index contributed by atoms with van der Waals surface area (Å²) >= 11 is 3.42. The molecule has 40 heavy (non-hydrogen) atoms. The molecule has 1 aliphatic carbocycles. The molecule has 0 aliphatic heterocycles. The van der Waals surface area contributed by atoms with E-state index in [1.165, 1.54) is 23.3 Å². The van der Waals surface area contributed by atoms with Gasteiger partial charge >= 0.3 is 6.03 Å². The van der Waals surface area contributed by atoms with Crippen molar-refractivity contribution in [3.05, 3.63) is 94.5 Å². The first-order valence-corrected chi connectivity index (χ1v) is 15.8. The molecule has 0 fully saturated rings. The first-order chi connectivity index (χ1) is 19.2. The molecule has 3 aromatic carbocycles. The molecule has 1 unspecified atom stereocenters. The number of halogens is 1. The SMILES string of the molecule is NC(=O)N(CCCN(CCCC(=O)NS(=O)(=O)c1ccccc1)C1CCCc2ccccc21)c1ccc(Br)cc1. The van der Waals surface area contributed by atoms with Crippen LogP contribution in [0, 0.1) is 0 Å². The minimum Gasteiger partial charge on any atom is -0.351 e. The predicted octanol–water partition coefficient (Wildman–Crippen LogP) is 5.39. The molecule has 8 nitrogen and oxygen atoms in total. The molecule has 10 heteroatoms. The van der Waals surface area contributed by atoms with Gasteiger partial charge in [-0.05, 0) is 86.2 Å². The Morgan fingerprint density at radius 3 is 2.30 bits per heavy atom. The summed E-state index contributed by atoms with van der Waals surface area (Å²) in [5, 5.41) is 0. The van der Waals surface area contributed by atoms with Crippen LogP contribution in [0.3, 0.4) is 0 Å². The number of aryl methyl sites for hydroxylation is 1. The highest BCUT2D eigenvalue weighted by molar-refractivity contribution is 9.10. The number of carbonyl (C=O) groups excluding carboxylic acids is 2. The van der Waals surface area contributed by atoms with E-state index in [4.69, 9.17) is 5.73 Å². The first-order valence-electron chi connectivity index (χ1n) is 13.5. The summed E-state index contributed by atoms with van der Waals surface area (Å²) in [6, 6.07) is 23.5. The van der Waals surface area contributed by atoms with E-state index in [2.05, 4.69) is 49.8 Å². The lowest BCUT2D eigenvalue weighted by molar-refractivity contribution is -0.119. The molecule has 1 atom stereocenters. The Bertz CT molecular complexity index is 1400. The summed E-state index contributed by atoms with van der Waals surface area (Å²) in [6.45, 7) is 1.77. The van der Waals surface area contributed by atoms with Crippen LogP contribution in [-0.2, 0) is 21.2 Å². The molecule has 4 rings (SSSR count). The van der Waals surface area contributed by atoms with Crippen LogP contribution in [0.15, 0.2) is 88.2 Å². The van der Waals surface area contributed by atoms with Gasteiger partial charge in [0, 0.05) is 35.7 Å². The molecule has 0 saturated carbocycles. The number of urea groups is 1. The Labute approximate surface area is 244 Å². The van der Waals surface area contributed by atoms with E-state index in [-0.39, 0.29) is 17.4 Å². The lowest BCUT2D eigenvalue weighted by atomic mass is 9.86. The number of benzene rings is 3. The predicted molar refractivity (Wildman–Crippen MR) is 160 cm³/mol. The number of hydrogen-bond donors (Lipinski definition) is 2. The van der Waals surface area contributed by atoms with E-state index < -0.39 is 22.0 Å². The molecular weight excluding hydrogens is 592 g/mol. The third-order valence-corrected chi connectivity index (χ3v) is 9.08. The van der Waals surface area contributed by atoms with Crippen molar-refractivity contribution in [1.82, 2.24) is 9.62 Å². The quantitative estimate of drug-likeness (QED) is 0.280. The Kier molecular flexibility index (Phi) is 10.4. The van der Waals surface area contributed by atoms with Crippen molar-refractivity contribution in [1.29, 1.82) is 0 Å². The lowest BCUT2D eigenvalue weighted by Gasteiger charge is -2.36. The molecule has 0 bridgehead atoms. The fourth-order valence-electron chi connectivity index (χ4n) is 5.25. The van der Waals surface area contributed by atoms with E-state index in [0.717, 1.165) is 29.4 Å². The molecule has 3 N–H and O–H groups in total. The average molecular weight is 628 g/mol. The molecular formula is C30H35BrN4O4S. The highest BCUT2D eigenvalue weighted by Gasteiger charge is 2.26. The number of hydrogen-bond acceptors (Lipinski definition) is 5. The largest absolute Gasteiger partial charge is 0.351 e. The van der Waals surface area contributed by atoms with Gasteiger partial charge in [0.05, 0.1) is 4.90 Å². The smallest absolute Gasteiger partial charge is 0.319 e. The Balaban J connectivity index is 1.41. The molecule has 0 radical (unpaired) electrons. The summed E-state index contributed by atoms with van der Waals surface area (Å²) in [7, 11) is -3.90. The van der Waals surface area contributed by atoms with E-state index in [1.54, 1.807) is 23.1 Å². The lowest BCUT2D eigenvalue weighted by Crippen LogP contribution is -2.39. The molecule has 3 amide bonds. The minimum absolute atomic E-state index is 0.0635. The summed E-state index contributed by atoms with van der Waals surface area (Å²) in [5.41, 5.74) is 9.07. The summed E-state index contributed by atoms with van der Waals surface area (Å²) in [5.74, 6) is -0.525. The molecule has 0 saturated heterocycles. The number of nitrogens with one attached hydrogen (secondary N) is 1. The van der Waals surface area contributed by atoms with E-state index in [0.29, 0.717) is 32.5 Å². The van der Waals surface area contributed by atoms with Crippen LogP contribution in [0.1, 0.15) is 49.3 Å². The molecule has 0 aromatic heterocycles. The molecule has 3 aromatic rings. The van der Waals surface area contributed by atoms with Crippen molar-refractivity contribution in [2.45, 2.75) is 49.5 Å². The monoisotopic (exact) mass is 626 g/mol. The number of amides is 3. The van der Waals surface area contributed by atoms with Crippen LogP contribution in [-0.4, -0.2) is 44.9 Å². The van der Waals surface area contributed by atoms with Crippen LogP contribution in [0.4, 0.5) is 10.5 Å². The number of nitrogens with zero attached hydrogens (tertiary/aromatic N) is 2. The van der Waals surface area contributed by atoms with Crippen molar-refractivity contribution < 1.29 is 18.0 Å². The maximum atomic E-state index is 12.6. The maximum Gasteiger partial charge on any atom is 0.319 e. The van der Waals surface area contributed by atoms with Gasteiger partial charge in [0.2, 0.25) is 5.91 Å². The first kappa shape index (κ1) is 29.8. The molecule has 0 heterocycles. The number of primary amides is 1. The van der Waals surface area contributed by atoms with E-state index in [1.807, 2.05) is 24.3 Å². The number of rotatable bonds is 12. The number of fused-ring (bicyclic) bond motifs is 1. The van der Waals surface area contributed by atoms with Crippen LogP contribution in [0.25, 0.3) is 0 Å². The van der Waals surface area contributed by atoms with Gasteiger partial charge in [0.25, 0.3) is 10.0 Å².